The summed E-state index contributed by atoms with van der Waals surface area (Å²) in [7, 11) is 0. The molecule has 0 aromatic heterocycles. The molecule has 46 valence electrons. The molecule has 0 spiro atoms. The predicted octanol–water partition coefficient (Wildman–Crippen LogP) is 1.69. The maximum absolute atomic E-state index is 11.5. The number of hydrogen-bond donors (Lipinski definition) is 2. The van der Waals surface area contributed by atoms with E-state index in [1.807, 2.05) is 0 Å². The topological polar surface area (TPSA) is 44.1 Å². The van der Waals surface area contributed by atoms with E-state index in [1.165, 1.54) is 0 Å². The summed E-state index contributed by atoms with van der Waals surface area (Å²) in [5.41, 5.74) is -0.676. The van der Waals surface area contributed by atoms with E-state index >= 15 is 0 Å². The van der Waals surface area contributed by atoms with E-state index in [0.717, 1.165) is 6.92 Å². The highest BCUT2D eigenvalue weighted by atomic mass is 19.1. The van der Waals surface area contributed by atoms with Crippen LogP contribution in [0.25, 0.3) is 0 Å². The zero-order valence-corrected chi connectivity index (χ0v) is 4.20. The normalized spacial score (nSPS) is 12.9. The maximum atomic E-state index is 11.5. The van der Waals surface area contributed by atoms with Gasteiger partial charge in [-0.25, -0.2) is 0 Å². The Kier molecular flexibility index (Phi) is 2.12. The summed E-state index contributed by atoms with van der Waals surface area (Å²) in [6.45, 7) is 0.970. The Morgan fingerprint density at radius 1 is 1.50 bits per heavy atom. The van der Waals surface area contributed by atoms with Crippen molar-refractivity contribution in [3.05, 3.63) is 11.6 Å². The van der Waals surface area contributed by atoms with Crippen molar-refractivity contribution in [1.29, 1.82) is 5.41 Å². The fourth-order valence-corrected chi connectivity index (χ4v) is 0.0906. The highest BCUT2D eigenvalue weighted by Gasteiger charge is 2.02. The van der Waals surface area contributed by atoms with E-state index in [4.69, 9.17) is 10.5 Å². The highest BCUT2D eigenvalue weighted by molar-refractivity contribution is 5.89. The third-order valence-corrected chi connectivity index (χ3v) is 0.639. The van der Waals surface area contributed by atoms with Gasteiger partial charge in [0.05, 0.1) is 5.57 Å². The number of hydrogen-bond acceptors (Lipinski definition) is 2. The van der Waals surface area contributed by atoms with Gasteiger partial charge in [0.2, 0.25) is 5.97 Å². The van der Waals surface area contributed by atoms with Crippen LogP contribution in [0.2, 0.25) is 0 Å². The average Bonchev–Trinajstić information content (AvgIpc) is 1.64. The first kappa shape index (κ1) is 7.07. The fourth-order valence-electron chi connectivity index (χ4n) is 0.0906. The van der Waals surface area contributed by atoms with Gasteiger partial charge in [-0.05, 0) is 6.92 Å². The van der Waals surface area contributed by atoms with E-state index in [1.54, 1.807) is 0 Å². The molecule has 0 aliphatic heterocycles. The van der Waals surface area contributed by atoms with Gasteiger partial charge in [0.15, 0.2) is 0 Å². The summed E-state index contributed by atoms with van der Waals surface area (Å²) >= 11 is 0. The van der Waals surface area contributed by atoms with Crippen LogP contribution in [0.1, 0.15) is 6.92 Å². The smallest absolute Gasteiger partial charge is 0.277 e. The standard InChI is InChI=1S/C4H5F2NO/c1-2(3(5)7)4(6)8/h7-8H,1H3/b4-2-,7-3?. The van der Waals surface area contributed by atoms with Gasteiger partial charge in [0, 0.05) is 0 Å². The molecule has 0 aromatic carbocycles. The third-order valence-electron chi connectivity index (χ3n) is 0.639. The first-order valence-corrected chi connectivity index (χ1v) is 1.85. The van der Waals surface area contributed by atoms with Crippen LogP contribution < -0.4 is 0 Å². The maximum Gasteiger partial charge on any atom is 0.277 e. The number of aliphatic hydroxyl groups is 1. The van der Waals surface area contributed by atoms with Crippen LogP contribution in [0.15, 0.2) is 11.6 Å². The van der Waals surface area contributed by atoms with Gasteiger partial charge in [-0.3, -0.25) is 5.41 Å². The van der Waals surface area contributed by atoms with E-state index in [0.29, 0.717) is 0 Å². The molecule has 0 saturated heterocycles. The second-order valence-corrected chi connectivity index (χ2v) is 1.23. The van der Waals surface area contributed by atoms with E-state index in [2.05, 4.69) is 0 Å². The van der Waals surface area contributed by atoms with Crippen molar-refractivity contribution in [3.63, 3.8) is 0 Å². The lowest BCUT2D eigenvalue weighted by molar-refractivity contribution is 0.278. The number of nitrogens with one attached hydrogen (secondary N) is 1. The quantitative estimate of drug-likeness (QED) is 0.402. The summed E-state index contributed by atoms with van der Waals surface area (Å²) in [6, 6.07) is -1.64. The Labute approximate surface area is 45.0 Å². The Morgan fingerprint density at radius 2 is 1.88 bits per heavy atom. The Bertz CT molecular complexity index is 137. The molecule has 0 heterocycles. The zero-order chi connectivity index (χ0) is 6.73. The lowest BCUT2D eigenvalue weighted by Crippen LogP contribution is -1.90. The van der Waals surface area contributed by atoms with Crippen molar-refractivity contribution in [3.8, 4) is 0 Å². The first-order valence-electron chi connectivity index (χ1n) is 1.85. The van der Waals surface area contributed by atoms with Gasteiger partial charge >= 0.3 is 0 Å². The minimum absolute atomic E-state index is 0.676. The molecule has 0 bridgehead atoms. The molecule has 0 unspecified atom stereocenters. The van der Waals surface area contributed by atoms with Crippen LogP contribution in [-0.4, -0.2) is 11.1 Å². The highest BCUT2D eigenvalue weighted by Crippen LogP contribution is 2.02. The van der Waals surface area contributed by atoms with Gasteiger partial charge in [-0.2, -0.15) is 8.78 Å². The van der Waals surface area contributed by atoms with Gasteiger partial charge in [-0.15, -0.1) is 0 Å². The summed E-state index contributed by atoms with van der Waals surface area (Å²) in [5, 5.41) is 13.9. The minimum atomic E-state index is -1.64. The molecule has 0 radical (unpaired) electrons. The Hall–Kier alpha value is -0.930. The zero-order valence-electron chi connectivity index (χ0n) is 4.20. The number of rotatable bonds is 1. The molecule has 4 heteroatoms. The summed E-state index contributed by atoms with van der Waals surface area (Å²) in [6.07, 6.45) is 0. The number of halogens is 2. The monoisotopic (exact) mass is 121 g/mol. The van der Waals surface area contributed by atoms with Crippen LogP contribution in [0, 0.1) is 5.41 Å². The number of aliphatic hydroxyl groups excluding tert-OH is 1. The van der Waals surface area contributed by atoms with Crippen LogP contribution in [0.4, 0.5) is 8.78 Å². The van der Waals surface area contributed by atoms with Crippen LogP contribution >= 0.6 is 0 Å². The molecule has 0 aromatic rings. The summed E-state index contributed by atoms with van der Waals surface area (Å²) in [5.74, 6) is -1.45. The van der Waals surface area contributed by atoms with Crippen molar-refractivity contribution in [2.75, 3.05) is 0 Å². The molecule has 0 fully saturated rings. The lowest BCUT2D eigenvalue weighted by atomic mass is 10.3. The third kappa shape index (κ3) is 1.68. The Morgan fingerprint density at radius 3 is 1.88 bits per heavy atom. The predicted molar refractivity (Wildman–Crippen MR) is 25.3 cm³/mol. The van der Waals surface area contributed by atoms with Crippen molar-refractivity contribution >= 4 is 5.97 Å². The van der Waals surface area contributed by atoms with Crippen LogP contribution in [-0.2, 0) is 0 Å². The van der Waals surface area contributed by atoms with E-state index in [-0.39, 0.29) is 0 Å². The summed E-state index contributed by atoms with van der Waals surface area (Å²) in [4.78, 5) is 0. The Balaban J connectivity index is 4.23. The molecule has 2 nitrogen and oxygen atoms in total. The fraction of sp³-hybridized carbons (Fsp3) is 0.250. The number of allylic oxidation sites excluding steroid dienone is 1. The molecule has 0 aliphatic rings. The molecule has 0 saturated carbocycles. The SMILES string of the molecule is C/C(C(=N)F)=C(/O)F. The molecular formula is C4H5F2NO. The molecule has 0 rings (SSSR count). The second-order valence-electron chi connectivity index (χ2n) is 1.23. The molecule has 0 aliphatic carbocycles. The van der Waals surface area contributed by atoms with Crippen molar-refractivity contribution in [2.24, 2.45) is 0 Å². The van der Waals surface area contributed by atoms with Crippen LogP contribution in [0.3, 0.4) is 0 Å². The van der Waals surface area contributed by atoms with E-state index < -0.39 is 17.6 Å². The molecular weight excluding hydrogens is 116 g/mol. The van der Waals surface area contributed by atoms with Crippen molar-refractivity contribution < 1.29 is 13.9 Å². The molecule has 8 heavy (non-hydrogen) atoms. The van der Waals surface area contributed by atoms with Gasteiger partial charge < -0.3 is 5.11 Å². The van der Waals surface area contributed by atoms with Gasteiger partial charge in [0.1, 0.15) is 0 Å². The molecule has 0 atom stereocenters. The van der Waals surface area contributed by atoms with E-state index in [9.17, 15) is 8.78 Å². The first-order chi connectivity index (χ1) is 3.55. The lowest BCUT2D eigenvalue weighted by Gasteiger charge is -1.88. The summed E-state index contributed by atoms with van der Waals surface area (Å²) < 4.78 is 22.9. The molecule has 2 N–H and O–H groups in total. The molecule has 0 amide bonds. The van der Waals surface area contributed by atoms with Crippen LogP contribution in [0.5, 0.6) is 0 Å². The minimum Gasteiger partial charge on any atom is -0.486 e. The average molecular weight is 121 g/mol. The van der Waals surface area contributed by atoms with Gasteiger partial charge in [0.25, 0.3) is 6.01 Å². The van der Waals surface area contributed by atoms with Gasteiger partial charge in [-0.1, -0.05) is 0 Å². The van der Waals surface area contributed by atoms with Crippen molar-refractivity contribution in [2.45, 2.75) is 6.92 Å². The second kappa shape index (κ2) is 2.40. The van der Waals surface area contributed by atoms with Crippen molar-refractivity contribution in [1.82, 2.24) is 0 Å². The largest absolute Gasteiger partial charge is 0.486 e.